The minimum Gasteiger partial charge on any atom is -0.376 e. The molecule has 1 amide bonds. The third kappa shape index (κ3) is 4.60. The molecule has 0 aliphatic rings. The molecule has 110 valence electrons. The number of hydrogen-bond donors (Lipinski definition) is 1. The Labute approximate surface area is 124 Å². The van der Waals surface area contributed by atoms with Crippen LogP contribution in [-0.2, 0) is 11.3 Å². The topological polar surface area (TPSA) is 32.3 Å². The number of benzene rings is 2. The second kappa shape index (κ2) is 7.43. The molecule has 0 spiro atoms. The fourth-order valence-corrected chi connectivity index (χ4v) is 2.08. The summed E-state index contributed by atoms with van der Waals surface area (Å²) in [6.45, 7) is 3.16. The number of carbonyl (C=O) groups is 1. The quantitative estimate of drug-likeness (QED) is 0.883. The Morgan fingerprint density at radius 1 is 1.14 bits per heavy atom. The van der Waals surface area contributed by atoms with Gasteiger partial charge in [-0.2, -0.15) is 0 Å². The summed E-state index contributed by atoms with van der Waals surface area (Å²) in [6, 6.07) is 15.9. The fraction of sp³-hybridized carbons (Fsp3) is 0.235. The summed E-state index contributed by atoms with van der Waals surface area (Å²) >= 11 is 0. The number of para-hydroxylation sites is 1. The van der Waals surface area contributed by atoms with Crippen LogP contribution in [0.2, 0.25) is 0 Å². The SMILES string of the molecule is CCN(Cc1cccc(F)c1)C(=O)CNc1ccccc1. The van der Waals surface area contributed by atoms with Crippen molar-refractivity contribution in [3.8, 4) is 0 Å². The van der Waals surface area contributed by atoms with Crippen molar-refractivity contribution >= 4 is 11.6 Å². The summed E-state index contributed by atoms with van der Waals surface area (Å²) in [4.78, 5) is 13.9. The highest BCUT2D eigenvalue weighted by molar-refractivity contribution is 5.80. The molecule has 2 aromatic rings. The van der Waals surface area contributed by atoms with Crippen LogP contribution in [0.1, 0.15) is 12.5 Å². The van der Waals surface area contributed by atoms with Crippen LogP contribution in [0.4, 0.5) is 10.1 Å². The zero-order valence-corrected chi connectivity index (χ0v) is 12.1. The molecule has 0 bridgehead atoms. The summed E-state index contributed by atoms with van der Waals surface area (Å²) in [5, 5.41) is 3.09. The molecule has 0 saturated heterocycles. The minimum atomic E-state index is -0.279. The van der Waals surface area contributed by atoms with Gasteiger partial charge in [-0.15, -0.1) is 0 Å². The predicted octanol–water partition coefficient (Wildman–Crippen LogP) is 3.29. The minimum absolute atomic E-state index is 0.00869. The summed E-state index contributed by atoms with van der Waals surface area (Å²) in [6.07, 6.45) is 0. The van der Waals surface area contributed by atoms with Gasteiger partial charge in [0.25, 0.3) is 0 Å². The highest BCUT2D eigenvalue weighted by atomic mass is 19.1. The number of hydrogen-bond acceptors (Lipinski definition) is 2. The molecule has 0 aromatic heterocycles. The maximum Gasteiger partial charge on any atom is 0.242 e. The molecule has 1 N–H and O–H groups in total. The van der Waals surface area contributed by atoms with Gasteiger partial charge in [-0.05, 0) is 36.8 Å². The number of nitrogens with one attached hydrogen (secondary N) is 1. The van der Waals surface area contributed by atoms with Crippen molar-refractivity contribution in [1.29, 1.82) is 0 Å². The van der Waals surface area contributed by atoms with Gasteiger partial charge in [-0.3, -0.25) is 4.79 Å². The van der Waals surface area contributed by atoms with E-state index in [0.29, 0.717) is 13.1 Å². The van der Waals surface area contributed by atoms with Gasteiger partial charge in [0.2, 0.25) is 5.91 Å². The lowest BCUT2D eigenvalue weighted by Crippen LogP contribution is -2.35. The largest absolute Gasteiger partial charge is 0.376 e. The lowest BCUT2D eigenvalue weighted by molar-refractivity contribution is -0.129. The smallest absolute Gasteiger partial charge is 0.242 e. The van der Waals surface area contributed by atoms with Crippen LogP contribution in [0.5, 0.6) is 0 Å². The van der Waals surface area contributed by atoms with Gasteiger partial charge in [0, 0.05) is 18.8 Å². The third-order valence-corrected chi connectivity index (χ3v) is 3.21. The van der Waals surface area contributed by atoms with E-state index in [4.69, 9.17) is 0 Å². The number of anilines is 1. The first-order chi connectivity index (χ1) is 10.2. The molecular weight excluding hydrogens is 267 g/mol. The molecule has 2 aromatic carbocycles. The predicted molar refractivity (Wildman–Crippen MR) is 82.4 cm³/mol. The van der Waals surface area contributed by atoms with E-state index in [0.717, 1.165) is 11.3 Å². The first-order valence-corrected chi connectivity index (χ1v) is 7.00. The van der Waals surface area contributed by atoms with Gasteiger partial charge in [-0.25, -0.2) is 4.39 Å². The Morgan fingerprint density at radius 3 is 2.57 bits per heavy atom. The Kier molecular flexibility index (Phi) is 5.32. The zero-order chi connectivity index (χ0) is 15.1. The van der Waals surface area contributed by atoms with Crippen molar-refractivity contribution < 1.29 is 9.18 Å². The van der Waals surface area contributed by atoms with Gasteiger partial charge < -0.3 is 10.2 Å². The van der Waals surface area contributed by atoms with Crippen LogP contribution in [0.3, 0.4) is 0 Å². The molecule has 2 rings (SSSR count). The second-order valence-electron chi connectivity index (χ2n) is 4.76. The van der Waals surface area contributed by atoms with Crippen LogP contribution in [0, 0.1) is 5.82 Å². The highest BCUT2D eigenvalue weighted by Gasteiger charge is 2.12. The van der Waals surface area contributed by atoms with E-state index in [-0.39, 0.29) is 18.3 Å². The van der Waals surface area contributed by atoms with Crippen LogP contribution < -0.4 is 5.32 Å². The van der Waals surface area contributed by atoms with Crippen molar-refractivity contribution in [2.24, 2.45) is 0 Å². The molecule has 21 heavy (non-hydrogen) atoms. The Morgan fingerprint density at radius 2 is 1.90 bits per heavy atom. The molecule has 0 atom stereocenters. The Hall–Kier alpha value is -2.36. The van der Waals surface area contributed by atoms with E-state index in [1.54, 1.807) is 11.0 Å². The zero-order valence-electron chi connectivity index (χ0n) is 12.1. The molecule has 0 aliphatic heterocycles. The summed E-state index contributed by atoms with van der Waals surface area (Å²) < 4.78 is 13.2. The molecule has 3 nitrogen and oxygen atoms in total. The van der Waals surface area contributed by atoms with Crippen molar-refractivity contribution in [2.45, 2.75) is 13.5 Å². The van der Waals surface area contributed by atoms with Crippen LogP contribution in [0.15, 0.2) is 54.6 Å². The first kappa shape index (κ1) is 15.0. The van der Waals surface area contributed by atoms with E-state index in [2.05, 4.69) is 5.32 Å². The molecule has 0 radical (unpaired) electrons. The number of nitrogens with zero attached hydrogens (tertiary/aromatic N) is 1. The molecule has 0 unspecified atom stereocenters. The lowest BCUT2D eigenvalue weighted by Gasteiger charge is -2.21. The van der Waals surface area contributed by atoms with Gasteiger partial charge in [0.15, 0.2) is 0 Å². The Bertz CT molecular complexity index is 586. The van der Waals surface area contributed by atoms with Crippen molar-refractivity contribution in [2.75, 3.05) is 18.4 Å². The average Bonchev–Trinajstić information content (AvgIpc) is 2.51. The van der Waals surface area contributed by atoms with E-state index in [9.17, 15) is 9.18 Å². The van der Waals surface area contributed by atoms with Crippen molar-refractivity contribution in [1.82, 2.24) is 4.90 Å². The fourth-order valence-electron chi connectivity index (χ4n) is 2.08. The molecule has 4 heteroatoms. The van der Waals surface area contributed by atoms with Crippen LogP contribution >= 0.6 is 0 Å². The van der Waals surface area contributed by atoms with Crippen molar-refractivity contribution in [3.05, 3.63) is 66.0 Å². The Balaban J connectivity index is 1.92. The van der Waals surface area contributed by atoms with Crippen LogP contribution in [-0.4, -0.2) is 23.9 Å². The van der Waals surface area contributed by atoms with Crippen molar-refractivity contribution in [3.63, 3.8) is 0 Å². The highest BCUT2D eigenvalue weighted by Crippen LogP contribution is 2.09. The van der Waals surface area contributed by atoms with Gasteiger partial charge in [0.05, 0.1) is 6.54 Å². The molecular formula is C17H19FN2O. The standard InChI is InChI=1S/C17H19FN2O/c1-2-20(13-14-7-6-8-15(18)11-14)17(21)12-19-16-9-4-3-5-10-16/h3-11,19H,2,12-13H2,1H3. The van der Waals surface area contributed by atoms with Gasteiger partial charge in [-0.1, -0.05) is 30.3 Å². The van der Waals surface area contributed by atoms with Gasteiger partial charge >= 0.3 is 0 Å². The van der Waals surface area contributed by atoms with E-state index < -0.39 is 0 Å². The number of halogens is 1. The maximum atomic E-state index is 13.2. The summed E-state index contributed by atoms with van der Waals surface area (Å²) in [5.74, 6) is -0.288. The second-order valence-corrected chi connectivity index (χ2v) is 4.76. The number of rotatable bonds is 6. The first-order valence-electron chi connectivity index (χ1n) is 7.00. The number of carbonyl (C=O) groups excluding carboxylic acids is 1. The molecule has 0 heterocycles. The molecule has 0 aliphatic carbocycles. The van der Waals surface area contributed by atoms with E-state index in [1.165, 1.54) is 12.1 Å². The maximum absolute atomic E-state index is 13.2. The molecule has 0 saturated carbocycles. The van der Waals surface area contributed by atoms with E-state index in [1.807, 2.05) is 43.3 Å². The average molecular weight is 286 g/mol. The normalized spacial score (nSPS) is 10.2. The monoisotopic (exact) mass is 286 g/mol. The van der Waals surface area contributed by atoms with Gasteiger partial charge in [0.1, 0.15) is 5.82 Å². The summed E-state index contributed by atoms with van der Waals surface area (Å²) in [7, 11) is 0. The molecule has 0 fully saturated rings. The van der Waals surface area contributed by atoms with Crippen LogP contribution in [0.25, 0.3) is 0 Å². The lowest BCUT2D eigenvalue weighted by atomic mass is 10.2. The number of amides is 1. The van der Waals surface area contributed by atoms with E-state index >= 15 is 0 Å². The summed E-state index contributed by atoms with van der Waals surface area (Å²) in [5.41, 5.74) is 1.71. The number of likely N-dealkylation sites (N-methyl/N-ethyl adjacent to an activating group) is 1. The third-order valence-electron chi connectivity index (χ3n) is 3.21.